The zero-order valence-corrected chi connectivity index (χ0v) is 11.3. The highest BCUT2D eigenvalue weighted by molar-refractivity contribution is 5.58. The predicted octanol–water partition coefficient (Wildman–Crippen LogP) is 2.69. The maximum absolute atomic E-state index is 10.7. The van der Waals surface area contributed by atoms with Crippen molar-refractivity contribution in [3.63, 3.8) is 0 Å². The van der Waals surface area contributed by atoms with Crippen molar-refractivity contribution in [3.8, 4) is 11.4 Å². The van der Waals surface area contributed by atoms with E-state index in [1.54, 1.807) is 12.1 Å². The predicted molar refractivity (Wildman–Crippen MR) is 72.8 cm³/mol. The lowest BCUT2D eigenvalue weighted by Gasteiger charge is -2.12. The Bertz CT molecular complexity index is 611. The molecule has 20 heavy (non-hydrogen) atoms. The number of aromatic nitrogens is 2. The van der Waals surface area contributed by atoms with Crippen LogP contribution < -0.4 is 5.73 Å². The third-order valence-electron chi connectivity index (χ3n) is 3.30. The molecule has 0 spiro atoms. The largest absolute Gasteiger partial charge is 0.337 e. The normalized spacial score (nSPS) is 13.9. The quantitative estimate of drug-likeness (QED) is 0.664. The van der Waals surface area contributed by atoms with Crippen LogP contribution in [0.1, 0.15) is 32.2 Å². The molecule has 0 amide bonds. The molecule has 0 bridgehead atoms. The average molecular weight is 276 g/mol. The van der Waals surface area contributed by atoms with Crippen LogP contribution in [0.15, 0.2) is 28.8 Å². The van der Waals surface area contributed by atoms with Gasteiger partial charge in [-0.1, -0.05) is 37.6 Å². The lowest BCUT2D eigenvalue weighted by atomic mass is 10.0. The van der Waals surface area contributed by atoms with E-state index in [1.807, 2.05) is 13.8 Å². The molecule has 7 nitrogen and oxygen atoms in total. The van der Waals surface area contributed by atoms with Crippen molar-refractivity contribution in [2.45, 2.75) is 26.3 Å². The summed E-state index contributed by atoms with van der Waals surface area (Å²) in [5.41, 5.74) is 6.53. The number of nitro groups is 1. The molecule has 106 valence electrons. The Morgan fingerprint density at radius 2 is 2.25 bits per heavy atom. The van der Waals surface area contributed by atoms with Gasteiger partial charge in [-0.15, -0.1) is 0 Å². The van der Waals surface area contributed by atoms with Crippen molar-refractivity contribution in [1.82, 2.24) is 10.1 Å². The molecular formula is C13H16N4O3. The van der Waals surface area contributed by atoms with Crippen LogP contribution in [0, 0.1) is 16.0 Å². The number of nitrogens with two attached hydrogens (primary N) is 1. The van der Waals surface area contributed by atoms with E-state index in [-0.39, 0.29) is 17.6 Å². The highest BCUT2D eigenvalue weighted by Gasteiger charge is 2.21. The van der Waals surface area contributed by atoms with Crippen molar-refractivity contribution >= 4 is 5.69 Å². The van der Waals surface area contributed by atoms with Crippen LogP contribution in [0.3, 0.4) is 0 Å². The Morgan fingerprint density at radius 3 is 2.90 bits per heavy atom. The van der Waals surface area contributed by atoms with Gasteiger partial charge >= 0.3 is 0 Å². The van der Waals surface area contributed by atoms with Gasteiger partial charge in [0.05, 0.1) is 11.0 Å². The van der Waals surface area contributed by atoms with Gasteiger partial charge in [0.25, 0.3) is 5.69 Å². The molecule has 2 rings (SSSR count). The summed E-state index contributed by atoms with van der Waals surface area (Å²) in [4.78, 5) is 14.5. The smallest absolute Gasteiger partial charge is 0.270 e. The summed E-state index contributed by atoms with van der Waals surface area (Å²) in [6.07, 6.45) is 0.899. The van der Waals surface area contributed by atoms with E-state index in [9.17, 15) is 10.1 Å². The first-order chi connectivity index (χ1) is 9.52. The maximum Gasteiger partial charge on any atom is 0.270 e. The van der Waals surface area contributed by atoms with Gasteiger partial charge in [-0.3, -0.25) is 10.1 Å². The molecule has 0 aliphatic heterocycles. The fourth-order valence-corrected chi connectivity index (χ4v) is 1.74. The van der Waals surface area contributed by atoms with E-state index in [0.717, 1.165) is 6.42 Å². The van der Waals surface area contributed by atoms with E-state index in [1.165, 1.54) is 12.1 Å². The molecule has 2 atom stereocenters. The van der Waals surface area contributed by atoms with Gasteiger partial charge in [0, 0.05) is 17.7 Å². The molecule has 2 N–H and O–H groups in total. The summed E-state index contributed by atoms with van der Waals surface area (Å²) in [6.45, 7) is 4.03. The summed E-state index contributed by atoms with van der Waals surface area (Å²) in [5.74, 6) is 0.872. The van der Waals surface area contributed by atoms with Crippen LogP contribution >= 0.6 is 0 Å². The molecular weight excluding hydrogens is 260 g/mol. The minimum Gasteiger partial charge on any atom is -0.337 e. The highest BCUT2D eigenvalue weighted by Crippen LogP contribution is 2.25. The summed E-state index contributed by atoms with van der Waals surface area (Å²) >= 11 is 0. The number of nitrogens with zero attached hydrogens (tertiary/aromatic N) is 3. The van der Waals surface area contributed by atoms with Crippen molar-refractivity contribution < 1.29 is 9.45 Å². The van der Waals surface area contributed by atoms with E-state index in [2.05, 4.69) is 10.1 Å². The first-order valence-electron chi connectivity index (χ1n) is 6.37. The number of hydrogen-bond donors (Lipinski definition) is 1. The first-order valence-corrected chi connectivity index (χ1v) is 6.37. The van der Waals surface area contributed by atoms with Crippen LogP contribution in [-0.4, -0.2) is 15.1 Å². The monoisotopic (exact) mass is 276 g/mol. The first kappa shape index (κ1) is 14.1. The van der Waals surface area contributed by atoms with Gasteiger partial charge in [-0.05, 0) is 5.92 Å². The highest BCUT2D eigenvalue weighted by atomic mass is 16.6. The van der Waals surface area contributed by atoms with Gasteiger partial charge in [0.15, 0.2) is 0 Å². The zero-order valence-electron chi connectivity index (χ0n) is 11.3. The number of hydrogen-bond acceptors (Lipinski definition) is 6. The maximum atomic E-state index is 10.7. The Kier molecular flexibility index (Phi) is 4.09. The molecule has 0 aliphatic carbocycles. The molecule has 2 aromatic rings. The second-order valence-corrected chi connectivity index (χ2v) is 4.67. The second kappa shape index (κ2) is 5.79. The van der Waals surface area contributed by atoms with Crippen molar-refractivity contribution in [1.29, 1.82) is 0 Å². The number of nitro benzene ring substituents is 1. The standard InChI is InChI=1S/C13H16N4O3/c1-3-8(2)11(14)13-15-12(16-20-13)9-5-4-6-10(7-9)17(18)19/h4-8,11H,3,14H2,1-2H3/t8-,11-/m0/s1. The van der Waals surface area contributed by atoms with E-state index in [4.69, 9.17) is 10.3 Å². The summed E-state index contributed by atoms with van der Waals surface area (Å²) < 4.78 is 5.15. The molecule has 0 fully saturated rings. The number of benzene rings is 1. The lowest BCUT2D eigenvalue weighted by molar-refractivity contribution is -0.384. The summed E-state index contributed by atoms with van der Waals surface area (Å²) in [6, 6.07) is 5.76. The Balaban J connectivity index is 2.29. The van der Waals surface area contributed by atoms with Crippen LogP contribution in [0.4, 0.5) is 5.69 Å². The van der Waals surface area contributed by atoms with Crippen LogP contribution in [0.2, 0.25) is 0 Å². The van der Waals surface area contributed by atoms with Crippen LogP contribution in [0.25, 0.3) is 11.4 Å². The molecule has 0 saturated carbocycles. The molecule has 0 unspecified atom stereocenters. The lowest BCUT2D eigenvalue weighted by Crippen LogP contribution is -2.18. The van der Waals surface area contributed by atoms with Crippen LogP contribution in [-0.2, 0) is 0 Å². The van der Waals surface area contributed by atoms with E-state index in [0.29, 0.717) is 17.3 Å². The summed E-state index contributed by atoms with van der Waals surface area (Å²) in [7, 11) is 0. The van der Waals surface area contributed by atoms with E-state index >= 15 is 0 Å². The molecule has 0 radical (unpaired) electrons. The number of rotatable bonds is 5. The van der Waals surface area contributed by atoms with Gasteiger partial charge in [-0.25, -0.2) is 0 Å². The average Bonchev–Trinajstić information content (AvgIpc) is 2.95. The number of non-ortho nitro benzene ring substituents is 1. The molecule has 0 saturated heterocycles. The van der Waals surface area contributed by atoms with Gasteiger partial charge in [0.2, 0.25) is 11.7 Å². The molecule has 0 aliphatic rings. The minimum atomic E-state index is -0.463. The van der Waals surface area contributed by atoms with Gasteiger partial charge < -0.3 is 10.3 Å². The second-order valence-electron chi connectivity index (χ2n) is 4.67. The van der Waals surface area contributed by atoms with Gasteiger partial charge in [-0.2, -0.15) is 4.98 Å². The Morgan fingerprint density at radius 1 is 1.50 bits per heavy atom. The molecule has 1 aromatic carbocycles. The Labute approximate surface area is 115 Å². The molecule has 1 aromatic heterocycles. The summed E-state index contributed by atoms with van der Waals surface area (Å²) in [5, 5.41) is 14.6. The van der Waals surface area contributed by atoms with Crippen molar-refractivity contribution in [3.05, 3.63) is 40.3 Å². The zero-order chi connectivity index (χ0) is 14.7. The van der Waals surface area contributed by atoms with E-state index < -0.39 is 4.92 Å². The Hall–Kier alpha value is -2.28. The fraction of sp³-hybridized carbons (Fsp3) is 0.385. The van der Waals surface area contributed by atoms with Gasteiger partial charge in [0.1, 0.15) is 0 Å². The SMILES string of the molecule is CC[C@H](C)[C@H](N)c1nc(-c2cccc([N+](=O)[O-])c2)no1. The van der Waals surface area contributed by atoms with Crippen molar-refractivity contribution in [2.24, 2.45) is 11.7 Å². The fourth-order valence-electron chi connectivity index (χ4n) is 1.74. The third-order valence-corrected chi connectivity index (χ3v) is 3.30. The molecule has 7 heteroatoms. The van der Waals surface area contributed by atoms with Crippen molar-refractivity contribution in [2.75, 3.05) is 0 Å². The van der Waals surface area contributed by atoms with Crippen LogP contribution in [0.5, 0.6) is 0 Å². The molecule has 1 heterocycles. The third kappa shape index (κ3) is 2.83. The topological polar surface area (TPSA) is 108 Å². The minimum absolute atomic E-state index is 0.0138.